The quantitative estimate of drug-likeness (QED) is 0.198. The highest BCUT2D eigenvalue weighted by Crippen LogP contribution is 2.07. The number of hydrogen-bond acceptors (Lipinski definition) is 7. The Morgan fingerprint density at radius 3 is 2.06 bits per heavy atom. The minimum atomic E-state index is -1.67. The maximum absolute atomic E-state index is 12.8. The number of aliphatic carboxylic acids is 2. The largest absolute Gasteiger partial charge is 0.481 e. The van der Waals surface area contributed by atoms with Crippen LogP contribution >= 0.6 is 11.8 Å². The Bertz CT molecular complexity index is 806. The van der Waals surface area contributed by atoms with E-state index in [1.807, 2.05) is 6.26 Å². The van der Waals surface area contributed by atoms with Crippen LogP contribution in [0.15, 0.2) is 30.3 Å². The SMILES string of the molecule is CSCCC(NC(=O)CN)C(=O)NC(Cc1ccccc1)C(=O)NC(CC(=O)O)C(=O)O. The van der Waals surface area contributed by atoms with Gasteiger partial charge in [-0.15, -0.1) is 0 Å². The van der Waals surface area contributed by atoms with Crippen LogP contribution in [0.2, 0.25) is 0 Å². The second kappa shape index (κ2) is 14.0. The van der Waals surface area contributed by atoms with E-state index in [9.17, 15) is 29.1 Å². The number of benzene rings is 1. The third kappa shape index (κ3) is 9.79. The first kappa shape index (κ1) is 26.9. The average molecular weight is 469 g/mol. The number of carbonyl (C=O) groups excluding carboxylic acids is 3. The van der Waals surface area contributed by atoms with Gasteiger partial charge < -0.3 is 31.9 Å². The number of hydrogen-bond donors (Lipinski definition) is 6. The summed E-state index contributed by atoms with van der Waals surface area (Å²) in [7, 11) is 0. The number of rotatable bonds is 14. The van der Waals surface area contributed by atoms with Gasteiger partial charge in [0.25, 0.3) is 0 Å². The molecule has 3 amide bonds. The Hall–Kier alpha value is -3.12. The molecule has 0 spiro atoms. The second-order valence-electron chi connectivity index (χ2n) is 6.85. The number of carboxylic acids is 2. The van der Waals surface area contributed by atoms with Crippen molar-refractivity contribution < 1.29 is 34.2 Å². The van der Waals surface area contributed by atoms with E-state index in [2.05, 4.69) is 16.0 Å². The first-order valence-corrected chi connectivity index (χ1v) is 11.1. The Morgan fingerprint density at radius 1 is 0.938 bits per heavy atom. The second-order valence-corrected chi connectivity index (χ2v) is 7.84. The predicted molar refractivity (Wildman–Crippen MR) is 118 cm³/mol. The van der Waals surface area contributed by atoms with Crippen molar-refractivity contribution >= 4 is 41.4 Å². The molecule has 12 heteroatoms. The molecule has 3 unspecified atom stereocenters. The van der Waals surface area contributed by atoms with Crippen molar-refractivity contribution in [3.8, 4) is 0 Å². The highest BCUT2D eigenvalue weighted by molar-refractivity contribution is 7.98. The van der Waals surface area contributed by atoms with Crippen LogP contribution in [-0.2, 0) is 30.4 Å². The summed E-state index contributed by atoms with van der Waals surface area (Å²) in [6, 6.07) is 4.87. The molecule has 0 aromatic heterocycles. The average Bonchev–Trinajstić information content (AvgIpc) is 2.75. The fourth-order valence-electron chi connectivity index (χ4n) is 2.74. The molecular formula is C20H28N4O7S. The highest BCUT2D eigenvalue weighted by atomic mass is 32.2. The van der Waals surface area contributed by atoms with Gasteiger partial charge in [-0.1, -0.05) is 30.3 Å². The third-order valence-corrected chi connectivity index (χ3v) is 5.00. The van der Waals surface area contributed by atoms with Gasteiger partial charge in [-0.25, -0.2) is 4.79 Å². The molecule has 0 radical (unpaired) electrons. The van der Waals surface area contributed by atoms with Crippen LogP contribution in [0, 0.1) is 0 Å². The van der Waals surface area contributed by atoms with E-state index in [-0.39, 0.29) is 19.4 Å². The lowest BCUT2D eigenvalue weighted by molar-refractivity contribution is -0.147. The zero-order valence-electron chi connectivity index (χ0n) is 17.6. The standard InChI is InChI=1S/C20H28N4O7S/c1-32-8-7-13(22-16(25)11-21)18(28)23-14(9-12-5-3-2-4-6-12)19(29)24-15(20(30)31)10-17(26)27/h2-6,13-15H,7-11,21H2,1H3,(H,22,25)(H,23,28)(H,24,29)(H,26,27)(H,30,31). The monoisotopic (exact) mass is 468 g/mol. The topological polar surface area (TPSA) is 188 Å². The summed E-state index contributed by atoms with van der Waals surface area (Å²) in [4.78, 5) is 59.6. The molecule has 0 aliphatic rings. The molecule has 0 heterocycles. The number of carboxylic acid groups (broad SMARTS) is 2. The van der Waals surface area contributed by atoms with Crippen LogP contribution in [0.3, 0.4) is 0 Å². The van der Waals surface area contributed by atoms with E-state index >= 15 is 0 Å². The molecule has 3 atom stereocenters. The van der Waals surface area contributed by atoms with Gasteiger partial charge in [-0.3, -0.25) is 19.2 Å². The maximum Gasteiger partial charge on any atom is 0.326 e. The first-order valence-electron chi connectivity index (χ1n) is 9.75. The zero-order chi connectivity index (χ0) is 24.1. The van der Waals surface area contributed by atoms with Crippen molar-refractivity contribution in [2.24, 2.45) is 5.73 Å². The first-order chi connectivity index (χ1) is 15.2. The maximum atomic E-state index is 12.8. The fraction of sp³-hybridized carbons (Fsp3) is 0.450. The Morgan fingerprint density at radius 2 is 1.53 bits per heavy atom. The van der Waals surface area contributed by atoms with Crippen molar-refractivity contribution in [1.29, 1.82) is 0 Å². The summed E-state index contributed by atoms with van der Waals surface area (Å²) < 4.78 is 0. The van der Waals surface area contributed by atoms with Crippen LogP contribution in [0.5, 0.6) is 0 Å². The van der Waals surface area contributed by atoms with E-state index in [0.29, 0.717) is 11.3 Å². The number of carbonyl (C=O) groups is 5. The van der Waals surface area contributed by atoms with Crippen LogP contribution in [-0.4, -0.2) is 76.6 Å². The lowest BCUT2D eigenvalue weighted by atomic mass is 10.0. The van der Waals surface area contributed by atoms with Crippen molar-refractivity contribution in [2.45, 2.75) is 37.4 Å². The van der Waals surface area contributed by atoms with Crippen molar-refractivity contribution in [1.82, 2.24) is 16.0 Å². The number of thioether (sulfide) groups is 1. The normalized spacial score (nSPS) is 13.3. The molecule has 0 aliphatic heterocycles. The molecule has 0 fully saturated rings. The molecule has 32 heavy (non-hydrogen) atoms. The van der Waals surface area contributed by atoms with Gasteiger partial charge in [0.15, 0.2) is 0 Å². The lowest BCUT2D eigenvalue weighted by Gasteiger charge is -2.24. The van der Waals surface area contributed by atoms with Gasteiger partial charge in [0.05, 0.1) is 13.0 Å². The predicted octanol–water partition coefficient (Wildman–Crippen LogP) is -1.05. The molecule has 0 aliphatic carbocycles. The fourth-order valence-corrected chi connectivity index (χ4v) is 3.21. The molecule has 0 bridgehead atoms. The number of nitrogens with one attached hydrogen (secondary N) is 3. The molecular weight excluding hydrogens is 440 g/mol. The highest BCUT2D eigenvalue weighted by Gasteiger charge is 2.30. The molecule has 1 rings (SSSR count). The van der Waals surface area contributed by atoms with Crippen molar-refractivity contribution in [3.63, 3.8) is 0 Å². The van der Waals surface area contributed by atoms with Crippen LogP contribution in [0.25, 0.3) is 0 Å². The van der Waals surface area contributed by atoms with E-state index in [4.69, 9.17) is 10.8 Å². The smallest absolute Gasteiger partial charge is 0.326 e. The van der Waals surface area contributed by atoms with Gasteiger partial charge in [0.1, 0.15) is 18.1 Å². The molecule has 176 valence electrons. The summed E-state index contributed by atoms with van der Waals surface area (Å²) in [5.74, 6) is -4.39. The summed E-state index contributed by atoms with van der Waals surface area (Å²) in [6.45, 7) is -0.313. The van der Waals surface area contributed by atoms with Crippen molar-refractivity contribution in [2.75, 3.05) is 18.6 Å². The molecule has 0 saturated heterocycles. The number of amides is 3. The third-order valence-electron chi connectivity index (χ3n) is 4.36. The van der Waals surface area contributed by atoms with Gasteiger partial charge in [-0.2, -0.15) is 11.8 Å². The Labute approximate surface area is 189 Å². The molecule has 0 saturated carbocycles. The Balaban J connectivity index is 3.06. The van der Waals surface area contributed by atoms with Gasteiger partial charge in [0.2, 0.25) is 17.7 Å². The van der Waals surface area contributed by atoms with Gasteiger partial charge in [-0.05, 0) is 24.0 Å². The van der Waals surface area contributed by atoms with Crippen LogP contribution in [0.4, 0.5) is 0 Å². The zero-order valence-corrected chi connectivity index (χ0v) is 18.4. The Kier molecular flexibility index (Phi) is 11.8. The van der Waals surface area contributed by atoms with Gasteiger partial charge >= 0.3 is 11.9 Å². The molecule has 7 N–H and O–H groups in total. The minimum Gasteiger partial charge on any atom is -0.481 e. The molecule has 1 aromatic carbocycles. The number of nitrogens with two attached hydrogens (primary N) is 1. The summed E-state index contributed by atoms with van der Waals surface area (Å²) in [5, 5.41) is 25.3. The summed E-state index contributed by atoms with van der Waals surface area (Å²) >= 11 is 1.46. The van der Waals surface area contributed by atoms with E-state index in [1.165, 1.54) is 11.8 Å². The summed E-state index contributed by atoms with van der Waals surface area (Å²) in [5.41, 5.74) is 5.99. The lowest BCUT2D eigenvalue weighted by Crippen LogP contribution is -2.57. The molecule has 1 aromatic rings. The van der Waals surface area contributed by atoms with Crippen molar-refractivity contribution in [3.05, 3.63) is 35.9 Å². The summed E-state index contributed by atoms with van der Waals surface area (Å²) in [6.07, 6.45) is 1.32. The van der Waals surface area contributed by atoms with Crippen LogP contribution in [0.1, 0.15) is 18.4 Å². The van der Waals surface area contributed by atoms with E-state index in [0.717, 1.165) is 0 Å². The van der Waals surface area contributed by atoms with Crippen LogP contribution < -0.4 is 21.7 Å². The minimum absolute atomic E-state index is 0.0257. The van der Waals surface area contributed by atoms with E-state index < -0.39 is 54.2 Å². The van der Waals surface area contributed by atoms with Gasteiger partial charge in [0, 0.05) is 6.42 Å². The molecule has 11 nitrogen and oxygen atoms in total. The van der Waals surface area contributed by atoms with E-state index in [1.54, 1.807) is 30.3 Å².